The number of fused-ring (bicyclic) bond motifs is 3. The molecule has 3 aromatic rings. The van der Waals surface area contributed by atoms with Crippen LogP contribution in [0, 0.1) is 23.7 Å². The summed E-state index contributed by atoms with van der Waals surface area (Å²) >= 11 is 0. The van der Waals surface area contributed by atoms with Crippen molar-refractivity contribution < 1.29 is 14.7 Å². The number of aliphatic carboxylic acids is 1. The van der Waals surface area contributed by atoms with E-state index in [1.807, 2.05) is 60.7 Å². The van der Waals surface area contributed by atoms with Crippen molar-refractivity contribution in [1.82, 2.24) is 4.98 Å². The number of hydrogen-bond donors (Lipinski definition) is 1. The molecule has 1 fully saturated rings. The molecule has 5 nitrogen and oxygen atoms in total. The summed E-state index contributed by atoms with van der Waals surface area (Å²) in [6.45, 7) is 0. The van der Waals surface area contributed by atoms with Gasteiger partial charge in [-0.3, -0.25) is 9.78 Å². The lowest BCUT2D eigenvalue weighted by molar-refractivity contribution is -0.313. The molecule has 0 saturated heterocycles. The monoisotopic (exact) mass is 383 g/mol. The molecule has 5 rings (SSSR count). The molecule has 2 aliphatic rings. The maximum Gasteiger partial charge on any atom is 0.228 e. The summed E-state index contributed by atoms with van der Waals surface area (Å²) in [5, 5.41) is 15.5. The minimum absolute atomic E-state index is 0.0503. The summed E-state index contributed by atoms with van der Waals surface area (Å²) in [6, 6.07) is 17.6. The van der Waals surface area contributed by atoms with Crippen molar-refractivity contribution in [3.05, 3.63) is 72.9 Å². The smallest absolute Gasteiger partial charge is 0.228 e. The van der Waals surface area contributed by atoms with Crippen molar-refractivity contribution in [1.29, 1.82) is 0 Å². The number of allylic oxidation sites excluding steroid dienone is 2. The van der Waals surface area contributed by atoms with Gasteiger partial charge in [-0.2, -0.15) is 0 Å². The molecule has 5 heteroatoms. The van der Waals surface area contributed by atoms with Gasteiger partial charge in [0.2, 0.25) is 5.91 Å². The Morgan fingerprint density at radius 3 is 2.45 bits per heavy atom. The van der Waals surface area contributed by atoms with Crippen molar-refractivity contribution in [2.24, 2.45) is 23.7 Å². The number of pyridine rings is 1. The van der Waals surface area contributed by atoms with Gasteiger partial charge in [0.15, 0.2) is 0 Å². The Bertz CT molecular complexity index is 1140. The first kappa shape index (κ1) is 17.6. The number of benzene rings is 2. The summed E-state index contributed by atoms with van der Waals surface area (Å²) < 4.78 is 0. The van der Waals surface area contributed by atoms with Crippen LogP contribution in [-0.2, 0) is 9.59 Å². The van der Waals surface area contributed by atoms with Crippen LogP contribution in [0.25, 0.3) is 22.0 Å². The van der Waals surface area contributed by atoms with Crippen molar-refractivity contribution >= 4 is 28.5 Å². The van der Waals surface area contributed by atoms with Gasteiger partial charge in [0.05, 0.1) is 17.1 Å². The van der Waals surface area contributed by atoms with E-state index in [2.05, 4.69) is 10.3 Å². The summed E-state index contributed by atoms with van der Waals surface area (Å²) in [5.41, 5.74) is 3.38. The highest BCUT2D eigenvalue weighted by atomic mass is 16.4. The summed E-state index contributed by atoms with van der Waals surface area (Å²) in [4.78, 5) is 29.2. The minimum atomic E-state index is -1.15. The lowest BCUT2D eigenvalue weighted by Crippen LogP contribution is -2.42. The molecule has 0 aliphatic heterocycles. The molecule has 144 valence electrons. The van der Waals surface area contributed by atoms with Gasteiger partial charge < -0.3 is 15.2 Å². The first-order chi connectivity index (χ1) is 14.1. The highest BCUT2D eigenvalue weighted by Crippen LogP contribution is 2.48. The first-order valence-corrected chi connectivity index (χ1v) is 9.76. The van der Waals surface area contributed by atoms with Crippen LogP contribution in [0.3, 0.4) is 0 Å². The number of carboxylic acids is 1. The van der Waals surface area contributed by atoms with E-state index in [9.17, 15) is 14.7 Å². The molecule has 4 atom stereocenters. The van der Waals surface area contributed by atoms with Crippen LogP contribution in [0.15, 0.2) is 72.9 Å². The Balaban J connectivity index is 1.51. The van der Waals surface area contributed by atoms with Gasteiger partial charge in [-0.1, -0.05) is 54.6 Å². The van der Waals surface area contributed by atoms with Gasteiger partial charge in [-0.25, -0.2) is 0 Å². The lowest BCUT2D eigenvalue weighted by atomic mass is 9.82. The Hall–Kier alpha value is -3.47. The molecule has 1 N–H and O–H groups in total. The average molecular weight is 383 g/mol. The largest absolute Gasteiger partial charge is 0.550 e. The number of aromatic nitrogens is 1. The zero-order valence-electron chi connectivity index (χ0n) is 15.6. The fourth-order valence-electron chi connectivity index (χ4n) is 4.86. The van der Waals surface area contributed by atoms with Crippen molar-refractivity contribution in [2.45, 2.75) is 6.42 Å². The Morgan fingerprint density at radius 2 is 1.69 bits per heavy atom. The van der Waals surface area contributed by atoms with E-state index < -0.39 is 17.8 Å². The molecular weight excluding hydrogens is 364 g/mol. The average Bonchev–Trinajstić information content (AvgIpc) is 3.36. The second-order valence-corrected chi connectivity index (χ2v) is 7.73. The Kier molecular flexibility index (Phi) is 4.16. The highest BCUT2D eigenvalue weighted by molar-refractivity contribution is 6.06. The number of rotatable bonds is 4. The van der Waals surface area contributed by atoms with Gasteiger partial charge in [0.25, 0.3) is 0 Å². The van der Waals surface area contributed by atoms with Crippen LogP contribution in [0.2, 0.25) is 0 Å². The molecule has 1 saturated carbocycles. The first-order valence-electron chi connectivity index (χ1n) is 9.76. The predicted molar refractivity (Wildman–Crippen MR) is 109 cm³/mol. The zero-order valence-corrected chi connectivity index (χ0v) is 15.6. The predicted octanol–water partition coefficient (Wildman–Crippen LogP) is 3.03. The van der Waals surface area contributed by atoms with E-state index in [4.69, 9.17) is 0 Å². The van der Waals surface area contributed by atoms with Crippen LogP contribution in [-0.4, -0.2) is 16.9 Å². The van der Waals surface area contributed by atoms with Crippen LogP contribution < -0.4 is 10.4 Å². The molecule has 29 heavy (non-hydrogen) atoms. The lowest BCUT2D eigenvalue weighted by Gasteiger charge is -2.28. The number of carbonyl (C=O) groups excluding carboxylic acids is 2. The van der Waals surface area contributed by atoms with Gasteiger partial charge in [0.1, 0.15) is 0 Å². The van der Waals surface area contributed by atoms with E-state index >= 15 is 0 Å². The molecule has 1 aromatic heterocycles. The molecule has 0 spiro atoms. The van der Waals surface area contributed by atoms with Crippen molar-refractivity contribution in [2.75, 3.05) is 5.32 Å². The third-order valence-corrected chi connectivity index (χ3v) is 6.15. The second-order valence-electron chi connectivity index (χ2n) is 7.73. The van der Waals surface area contributed by atoms with E-state index in [0.717, 1.165) is 16.5 Å². The Labute approximate surface area is 168 Å². The molecule has 2 bridgehead atoms. The SMILES string of the molecule is O=C([O-])[C@@H]1[C@H](C(=O)Nc2cccc3c(-c4ccccc4)ccnc23)[C@H]2C=C[C@H]1C2. The summed E-state index contributed by atoms with van der Waals surface area (Å²) in [5.74, 6) is -2.97. The summed E-state index contributed by atoms with van der Waals surface area (Å²) in [6.07, 6.45) is 6.29. The third kappa shape index (κ3) is 2.90. The fourth-order valence-corrected chi connectivity index (χ4v) is 4.86. The zero-order chi connectivity index (χ0) is 20.0. The van der Waals surface area contributed by atoms with Crippen LogP contribution in [0.5, 0.6) is 0 Å². The maximum atomic E-state index is 13.1. The summed E-state index contributed by atoms with van der Waals surface area (Å²) in [7, 11) is 0. The topological polar surface area (TPSA) is 82.1 Å². The second kappa shape index (κ2) is 6.85. The van der Waals surface area contributed by atoms with Gasteiger partial charge >= 0.3 is 0 Å². The molecule has 2 aliphatic carbocycles. The van der Waals surface area contributed by atoms with E-state index in [-0.39, 0.29) is 17.7 Å². The quantitative estimate of drug-likeness (QED) is 0.702. The van der Waals surface area contributed by atoms with E-state index in [1.54, 1.807) is 12.3 Å². The number of nitrogens with one attached hydrogen (secondary N) is 1. The maximum absolute atomic E-state index is 13.1. The third-order valence-electron chi connectivity index (χ3n) is 6.15. The van der Waals surface area contributed by atoms with Gasteiger partial charge in [0, 0.05) is 23.5 Å². The van der Waals surface area contributed by atoms with Crippen molar-refractivity contribution in [3.8, 4) is 11.1 Å². The number of carboxylic acid groups (broad SMARTS) is 1. The number of anilines is 1. The van der Waals surface area contributed by atoms with E-state index in [0.29, 0.717) is 17.6 Å². The number of carbonyl (C=O) groups is 2. The normalized spacial score (nSPS) is 24.7. The van der Waals surface area contributed by atoms with Crippen LogP contribution in [0.1, 0.15) is 6.42 Å². The number of hydrogen-bond acceptors (Lipinski definition) is 4. The molecule has 0 unspecified atom stereocenters. The number of para-hydroxylation sites is 1. The molecular formula is C24H19N2O3-. The van der Waals surface area contributed by atoms with Crippen LogP contribution in [0.4, 0.5) is 5.69 Å². The minimum Gasteiger partial charge on any atom is -0.550 e. The molecule has 2 aromatic carbocycles. The number of amides is 1. The molecule has 1 amide bonds. The number of nitrogens with zero attached hydrogens (tertiary/aromatic N) is 1. The Morgan fingerprint density at radius 1 is 0.931 bits per heavy atom. The van der Waals surface area contributed by atoms with Crippen LogP contribution >= 0.6 is 0 Å². The highest BCUT2D eigenvalue weighted by Gasteiger charge is 2.48. The van der Waals surface area contributed by atoms with Gasteiger partial charge in [-0.15, -0.1) is 0 Å². The van der Waals surface area contributed by atoms with E-state index in [1.165, 1.54) is 0 Å². The molecule has 0 radical (unpaired) electrons. The van der Waals surface area contributed by atoms with Crippen molar-refractivity contribution in [3.63, 3.8) is 0 Å². The fraction of sp³-hybridized carbons (Fsp3) is 0.208. The molecule has 1 heterocycles. The van der Waals surface area contributed by atoms with Gasteiger partial charge in [-0.05, 0) is 41.5 Å². The standard InChI is InChI=1S/C24H20N2O3/c27-23(20-15-9-10-16(13-15)21(20)24(28)29)26-19-8-4-7-18-17(11-12-25-22(18)19)14-5-2-1-3-6-14/h1-12,15-16,20-21H,13H2,(H,26,27)(H,28,29)/p-1/t15-,16-,20+,21-/m0/s1.